The molecular weight excluding hydrogens is 252 g/mol. The Hall–Kier alpha value is -1.06. The molecule has 0 aromatic heterocycles. The molecule has 20 heavy (non-hydrogen) atoms. The standard InChI is InChI=1S/C16H26N2O2/c19-15-8-9-17(10-11-18(15)12-13-6-7-13)16(20)14-4-2-1-3-5-14/h13-14H,1-12H2. The summed E-state index contributed by atoms with van der Waals surface area (Å²) in [5, 5.41) is 0. The smallest absolute Gasteiger partial charge is 0.225 e. The Kier molecular flexibility index (Phi) is 4.27. The SMILES string of the molecule is O=C1CCN(C(=O)C2CCCCC2)CCN1CC1CC1. The Balaban J connectivity index is 1.55. The monoisotopic (exact) mass is 278 g/mol. The summed E-state index contributed by atoms with van der Waals surface area (Å²) in [6.07, 6.45) is 8.82. The van der Waals surface area contributed by atoms with E-state index in [1.165, 1.54) is 32.1 Å². The van der Waals surface area contributed by atoms with E-state index in [1.54, 1.807) is 0 Å². The molecule has 0 aromatic carbocycles. The minimum atomic E-state index is 0.230. The predicted molar refractivity (Wildman–Crippen MR) is 77.1 cm³/mol. The maximum atomic E-state index is 12.5. The van der Waals surface area contributed by atoms with Gasteiger partial charge < -0.3 is 9.80 Å². The molecule has 0 radical (unpaired) electrons. The van der Waals surface area contributed by atoms with Crippen molar-refractivity contribution in [2.75, 3.05) is 26.2 Å². The van der Waals surface area contributed by atoms with Gasteiger partial charge in [0.2, 0.25) is 11.8 Å². The minimum Gasteiger partial charge on any atom is -0.341 e. The Morgan fingerprint density at radius 1 is 1.00 bits per heavy atom. The van der Waals surface area contributed by atoms with Crippen LogP contribution < -0.4 is 0 Å². The van der Waals surface area contributed by atoms with Crippen molar-refractivity contribution in [2.24, 2.45) is 11.8 Å². The highest BCUT2D eigenvalue weighted by Crippen LogP contribution is 2.30. The highest BCUT2D eigenvalue weighted by atomic mass is 16.2. The van der Waals surface area contributed by atoms with Crippen molar-refractivity contribution >= 4 is 11.8 Å². The molecule has 1 heterocycles. The number of carbonyl (C=O) groups is 2. The van der Waals surface area contributed by atoms with E-state index in [1.807, 2.05) is 9.80 Å². The van der Waals surface area contributed by atoms with Gasteiger partial charge in [-0.1, -0.05) is 19.3 Å². The molecule has 0 N–H and O–H groups in total. The Bertz CT molecular complexity index is 373. The Morgan fingerprint density at radius 2 is 1.75 bits per heavy atom. The van der Waals surface area contributed by atoms with Crippen LogP contribution >= 0.6 is 0 Å². The second-order valence-corrected chi connectivity index (χ2v) is 6.69. The molecule has 0 aromatic rings. The van der Waals surface area contributed by atoms with Gasteiger partial charge in [-0.05, 0) is 31.6 Å². The summed E-state index contributed by atoms with van der Waals surface area (Å²) >= 11 is 0. The summed E-state index contributed by atoms with van der Waals surface area (Å²) in [4.78, 5) is 28.6. The fourth-order valence-corrected chi connectivity index (χ4v) is 3.50. The molecule has 0 unspecified atom stereocenters. The lowest BCUT2D eigenvalue weighted by molar-refractivity contribution is -0.136. The lowest BCUT2D eigenvalue weighted by atomic mass is 9.88. The first-order valence-corrected chi connectivity index (χ1v) is 8.30. The molecule has 3 aliphatic rings. The van der Waals surface area contributed by atoms with Gasteiger partial charge in [0, 0.05) is 38.5 Å². The normalized spacial score (nSPS) is 25.7. The third kappa shape index (κ3) is 3.33. The largest absolute Gasteiger partial charge is 0.341 e. The predicted octanol–water partition coefficient (Wildman–Crippen LogP) is 2.04. The summed E-state index contributed by atoms with van der Waals surface area (Å²) in [5.74, 6) is 1.52. The molecule has 0 atom stereocenters. The van der Waals surface area contributed by atoms with Crippen molar-refractivity contribution in [3.8, 4) is 0 Å². The van der Waals surface area contributed by atoms with Crippen LogP contribution in [-0.2, 0) is 9.59 Å². The average molecular weight is 278 g/mol. The second-order valence-electron chi connectivity index (χ2n) is 6.69. The molecule has 112 valence electrons. The van der Waals surface area contributed by atoms with Gasteiger partial charge >= 0.3 is 0 Å². The zero-order valence-corrected chi connectivity index (χ0v) is 12.4. The van der Waals surface area contributed by atoms with Gasteiger partial charge in [-0.15, -0.1) is 0 Å². The quantitative estimate of drug-likeness (QED) is 0.792. The first-order valence-electron chi connectivity index (χ1n) is 8.30. The topological polar surface area (TPSA) is 40.6 Å². The maximum absolute atomic E-state index is 12.5. The van der Waals surface area contributed by atoms with E-state index in [9.17, 15) is 9.59 Å². The number of rotatable bonds is 3. The highest BCUT2D eigenvalue weighted by Gasteiger charge is 2.31. The molecule has 2 saturated carbocycles. The molecule has 1 aliphatic heterocycles. The van der Waals surface area contributed by atoms with Crippen molar-refractivity contribution in [1.82, 2.24) is 9.80 Å². The van der Waals surface area contributed by atoms with Crippen molar-refractivity contribution in [2.45, 2.75) is 51.4 Å². The third-order valence-corrected chi connectivity index (χ3v) is 5.03. The van der Waals surface area contributed by atoms with Crippen LogP contribution in [0.25, 0.3) is 0 Å². The van der Waals surface area contributed by atoms with Crippen LogP contribution in [0.1, 0.15) is 51.4 Å². The van der Waals surface area contributed by atoms with E-state index >= 15 is 0 Å². The molecule has 4 nitrogen and oxygen atoms in total. The molecule has 4 heteroatoms. The van der Waals surface area contributed by atoms with E-state index in [4.69, 9.17) is 0 Å². The number of carbonyl (C=O) groups excluding carboxylic acids is 2. The van der Waals surface area contributed by atoms with Crippen LogP contribution in [0, 0.1) is 11.8 Å². The van der Waals surface area contributed by atoms with E-state index < -0.39 is 0 Å². The first kappa shape index (κ1) is 13.9. The summed E-state index contributed by atoms with van der Waals surface area (Å²) < 4.78 is 0. The first-order chi connectivity index (χ1) is 9.74. The number of amides is 2. The van der Waals surface area contributed by atoms with E-state index in [0.717, 1.165) is 38.4 Å². The molecule has 2 aliphatic carbocycles. The zero-order chi connectivity index (χ0) is 13.9. The summed E-state index contributed by atoms with van der Waals surface area (Å²) in [6.45, 7) is 3.04. The lowest BCUT2D eigenvalue weighted by Crippen LogP contribution is -2.40. The zero-order valence-electron chi connectivity index (χ0n) is 12.4. The fourth-order valence-electron chi connectivity index (χ4n) is 3.50. The van der Waals surface area contributed by atoms with Gasteiger partial charge in [-0.25, -0.2) is 0 Å². The molecular formula is C16H26N2O2. The van der Waals surface area contributed by atoms with Crippen molar-refractivity contribution in [3.05, 3.63) is 0 Å². The van der Waals surface area contributed by atoms with Crippen molar-refractivity contribution in [3.63, 3.8) is 0 Å². The van der Waals surface area contributed by atoms with Gasteiger partial charge in [0.15, 0.2) is 0 Å². The molecule has 1 saturated heterocycles. The molecule has 0 bridgehead atoms. The van der Waals surface area contributed by atoms with Crippen molar-refractivity contribution < 1.29 is 9.59 Å². The molecule has 2 amide bonds. The van der Waals surface area contributed by atoms with Crippen LogP contribution in [0.15, 0.2) is 0 Å². The molecule has 3 fully saturated rings. The summed E-state index contributed by atoms with van der Waals surface area (Å²) in [5.41, 5.74) is 0. The number of nitrogens with zero attached hydrogens (tertiary/aromatic N) is 2. The van der Waals surface area contributed by atoms with Crippen LogP contribution in [0.2, 0.25) is 0 Å². The summed E-state index contributed by atoms with van der Waals surface area (Å²) in [6, 6.07) is 0. The van der Waals surface area contributed by atoms with Crippen LogP contribution in [0.5, 0.6) is 0 Å². The maximum Gasteiger partial charge on any atom is 0.225 e. The van der Waals surface area contributed by atoms with E-state index in [-0.39, 0.29) is 11.8 Å². The Labute approximate surface area is 121 Å². The molecule has 3 rings (SSSR count). The average Bonchev–Trinajstić information content (AvgIpc) is 3.30. The van der Waals surface area contributed by atoms with Gasteiger partial charge in [-0.3, -0.25) is 9.59 Å². The lowest BCUT2D eigenvalue weighted by Gasteiger charge is -2.28. The van der Waals surface area contributed by atoms with Crippen LogP contribution in [-0.4, -0.2) is 47.8 Å². The van der Waals surface area contributed by atoms with Gasteiger partial charge in [0.1, 0.15) is 0 Å². The van der Waals surface area contributed by atoms with Gasteiger partial charge in [-0.2, -0.15) is 0 Å². The van der Waals surface area contributed by atoms with Gasteiger partial charge in [0.05, 0.1) is 0 Å². The van der Waals surface area contributed by atoms with E-state index in [0.29, 0.717) is 18.9 Å². The Morgan fingerprint density at radius 3 is 2.45 bits per heavy atom. The minimum absolute atomic E-state index is 0.230. The molecule has 0 spiro atoms. The summed E-state index contributed by atoms with van der Waals surface area (Å²) in [7, 11) is 0. The van der Waals surface area contributed by atoms with Crippen LogP contribution in [0.3, 0.4) is 0 Å². The van der Waals surface area contributed by atoms with E-state index in [2.05, 4.69) is 0 Å². The number of hydrogen-bond donors (Lipinski definition) is 0. The van der Waals surface area contributed by atoms with Crippen LogP contribution in [0.4, 0.5) is 0 Å². The van der Waals surface area contributed by atoms with Gasteiger partial charge in [0.25, 0.3) is 0 Å². The number of hydrogen-bond acceptors (Lipinski definition) is 2. The third-order valence-electron chi connectivity index (χ3n) is 5.03. The second kappa shape index (κ2) is 6.15. The van der Waals surface area contributed by atoms with Crippen molar-refractivity contribution in [1.29, 1.82) is 0 Å². The highest BCUT2D eigenvalue weighted by molar-refractivity contribution is 5.81. The fraction of sp³-hybridized carbons (Fsp3) is 0.875.